The molecular weight excluding hydrogens is 248 g/mol. The number of hydrogen-bond acceptors (Lipinski definition) is 2. The Morgan fingerprint density at radius 3 is 2.47 bits per heavy atom. The molecule has 0 aliphatic carbocycles. The van der Waals surface area contributed by atoms with Gasteiger partial charge in [0.15, 0.2) is 11.6 Å². The SMILES string of the molecule is CCC(N)c1ccccc1Oc1cccc(F)c1F. The van der Waals surface area contributed by atoms with Crippen molar-refractivity contribution in [3.8, 4) is 11.5 Å². The van der Waals surface area contributed by atoms with E-state index in [9.17, 15) is 8.78 Å². The summed E-state index contributed by atoms with van der Waals surface area (Å²) in [6.45, 7) is 1.95. The lowest BCUT2D eigenvalue weighted by Gasteiger charge is -2.15. The van der Waals surface area contributed by atoms with Gasteiger partial charge in [0.05, 0.1) is 0 Å². The van der Waals surface area contributed by atoms with Crippen molar-refractivity contribution >= 4 is 0 Å². The molecule has 2 nitrogen and oxygen atoms in total. The van der Waals surface area contributed by atoms with Gasteiger partial charge in [-0.15, -0.1) is 0 Å². The van der Waals surface area contributed by atoms with Crippen molar-refractivity contribution in [1.82, 2.24) is 0 Å². The molecule has 0 aromatic heterocycles. The molecule has 100 valence electrons. The second-order valence-electron chi connectivity index (χ2n) is 4.21. The predicted octanol–water partition coefficient (Wildman–Crippen LogP) is 4.17. The van der Waals surface area contributed by atoms with E-state index >= 15 is 0 Å². The highest BCUT2D eigenvalue weighted by Gasteiger charge is 2.14. The maximum Gasteiger partial charge on any atom is 0.201 e. The Labute approximate surface area is 110 Å². The third-order valence-electron chi connectivity index (χ3n) is 2.89. The Hall–Kier alpha value is -1.94. The Morgan fingerprint density at radius 1 is 1.05 bits per heavy atom. The summed E-state index contributed by atoms with van der Waals surface area (Å²) in [6.07, 6.45) is 0.728. The summed E-state index contributed by atoms with van der Waals surface area (Å²) in [5.74, 6) is -1.63. The van der Waals surface area contributed by atoms with Crippen molar-refractivity contribution in [3.63, 3.8) is 0 Å². The van der Waals surface area contributed by atoms with Crippen molar-refractivity contribution < 1.29 is 13.5 Å². The molecule has 0 spiro atoms. The first kappa shape index (κ1) is 13.5. The van der Waals surface area contributed by atoms with E-state index in [0.29, 0.717) is 5.75 Å². The predicted molar refractivity (Wildman–Crippen MR) is 70.1 cm³/mol. The van der Waals surface area contributed by atoms with E-state index in [-0.39, 0.29) is 11.8 Å². The Kier molecular flexibility index (Phi) is 4.12. The fourth-order valence-electron chi connectivity index (χ4n) is 1.78. The maximum atomic E-state index is 13.6. The molecule has 0 bridgehead atoms. The van der Waals surface area contributed by atoms with Gasteiger partial charge in [-0.3, -0.25) is 0 Å². The zero-order valence-corrected chi connectivity index (χ0v) is 10.6. The van der Waals surface area contributed by atoms with Crippen molar-refractivity contribution in [2.75, 3.05) is 0 Å². The zero-order chi connectivity index (χ0) is 13.8. The summed E-state index contributed by atoms with van der Waals surface area (Å²) in [7, 11) is 0. The van der Waals surface area contributed by atoms with E-state index in [2.05, 4.69) is 0 Å². The van der Waals surface area contributed by atoms with Gasteiger partial charge in [-0.05, 0) is 24.6 Å². The van der Waals surface area contributed by atoms with Gasteiger partial charge >= 0.3 is 0 Å². The van der Waals surface area contributed by atoms with Crippen LogP contribution in [0.1, 0.15) is 24.9 Å². The minimum atomic E-state index is -0.998. The lowest BCUT2D eigenvalue weighted by atomic mass is 10.0. The largest absolute Gasteiger partial charge is 0.454 e. The van der Waals surface area contributed by atoms with Crippen LogP contribution in [0.5, 0.6) is 11.5 Å². The molecule has 1 unspecified atom stereocenters. The second-order valence-corrected chi connectivity index (χ2v) is 4.21. The average molecular weight is 263 g/mol. The van der Waals surface area contributed by atoms with Crippen LogP contribution in [-0.4, -0.2) is 0 Å². The van der Waals surface area contributed by atoms with E-state index < -0.39 is 11.6 Å². The van der Waals surface area contributed by atoms with Crippen molar-refractivity contribution in [2.24, 2.45) is 5.73 Å². The summed E-state index contributed by atoms with van der Waals surface area (Å²) in [5, 5.41) is 0. The average Bonchev–Trinajstić information content (AvgIpc) is 2.43. The number of hydrogen-bond donors (Lipinski definition) is 1. The highest BCUT2D eigenvalue weighted by Crippen LogP contribution is 2.31. The summed E-state index contributed by atoms with van der Waals surface area (Å²) in [5.41, 5.74) is 6.74. The van der Waals surface area contributed by atoms with Crippen LogP contribution in [0, 0.1) is 11.6 Å². The number of rotatable bonds is 4. The van der Waals surface area contributed by atoms with Crippen LogP contribution < -0.4 is 10.5 Å². The molecule has 0 aliphatic heterocycles. The molecule has 0 saturated carbocycles. The van der Waals surface area contributed by atoms with E-state index in [4.69, 9.17) is 10.5 Å². The first-order chi connectivity index (χ1) is 9.13. The first-order valence-corrected chi connectivity index (χ1v) is 6.09. The van der Waals surface area contributed by atoms with Gasteiger partial charge in [0.25, 0.3) is 0 Å². The molecule has 19 heavy (non-hydrogen) atoms. The van der Waals surface area contributed by atoms with Crippen LogP contribution >= 0.6 is 0 Å². The van der Waals surface area contributed by atoms with Gasteiger partial charge in [0.2, 0.25) is 5.82 Å². The summed E-state index contributed by atoms with van der Waals surface area (Å²) in [6, 6.07) is 10.7. The molecule has 0 heterocycles. The van der Waals surface area contributed by atoms with Crippen LogP contribution in [0.15, 0.2) is 42.5 Å². The van der Waals surface area contributed by atoms with E-state index in [0.717, 1.165) is 18.1 Å². The van der Waals surface area contributed by atoms with Gasteiger partial charge in [-0.1, -0.05) is 31.2 Å². The molecule has 1 atom stereocenters. The molecule has 0 saturated heterocycles. The van der Waals surface area contributed by atoms with Gasteiger partial charge in [-0.2, -0.15) is 4.39 Å². The summed E-state index contributed by atoms with van der Waals surface area (Å²) >= 11 is 0. The number of ether oxygens (including phenoxy) is 1. The van der Waals surface area contributed by atoms with Crippen LogP contribution in [0.4, 0.5) is 8.78 Å². The van der Waals surface area contributed by atoms with Crippen molar-refractivity contribution in [1.29, 1.82) is 0 Å². The van der Waals surface area contributed by atoms with Crippen LogP contribution in [0.25, 0.3) is 0 Å². The minimum Gasteiger partial charge on any atom is -0.454 e. The Bertz CT molecular complexity index is 572. The lowest BCUT2D eigenvalue weighted by molar-refractivity contribution is 0.410. The molecule has 2 rings (SSSR count). The fourth-order valence-corrected chi connectivity index (χ4v) is 1.78. The molecule has 2 aromatic rings. The molecule has 0 aliphatic rings. The quantitative estimate of drug-likeness (QED) is 0.898. The zero-order valence-electron chi connectivity index (χ0n) is 10.6. The third-order valence-corrected chi connectivity index (χ3v) is 2.89. The Balaban J connectivity index is 2.36. The standard InChI is InChI=1S/C15H15F2NO/c1-2-12(18)10-6-3-4-8-13(10)19-14-9-5-7-11(16)15(14)17/h3-9,12H,2,18H2,1H3. The maximum absolute atomic E-state index is 13.6. The summed E-state index contributed by atoms with van der Waals surface area (Å²) < 4.78 is 32.1. The normalized spacial score (nSPS) is 12.2. The van der Waals surface area contributed by atoms with Crippen LogP contribution in [0.3, 0.4) is 0 Å². The van der Waals surface area contributed by atoms with Gasteiger partial charge in [0, 0.05) is 11.6 Å². The van der Waals surface area contributed by atoms with Crippen LogP contribution in [0.2, 0.25) is 0 Å². The topological polar surface area (TPSA) is 35.2 Å². The van der Waals surface area contributed by atoms with Gasteiger partial charge < -0.3 is 10.5 Å². The number of benzene rings is 2. The van der Waals surface area contributed by atoms with Gasteiger partial charge in [-0.25, -0.2) is 4.39 Å². The number of para-hydroxylation sites is 1. The fraction of sp³-hybridized carbons (Fsp3) is 0.200. The van der Waals surface area contributed by atoms with E-state index in [1.54, 1.807) is 12.1 Å². The Morgan fingerprint density at radius 2 is 1.74 bits per heavy atom. The molecule has 2 N–H and O–H groups in total. The highest BCUT2D eigenvalue weighted by molar-refractivity contribution is 5.40. The smallest absolute Gasteiger partial charge is 0.201 e. The van der Waals surface area contributed by atoms with Crippen LogP contribution in [-0.2, 0) is 0 Å². The minimum absolute atomic E-state index is 0.143. The van der Waals surface area contributed by atoms with E-state index in [1.165, 1.54) is 12.1 Å². The van der Waals surface area contributed by atoms with Crippen molar-refractivity contribution in [3.05, 3.63) is 59.7 Å². The molecular formula is C15H15F2NO. The third kappa shape index (κ3) is 2.90. The number of nitrogens with two attached hydrogens (primary N) is 1. The first-order valence-electron chi connectivity index (χ1n) is 6.09. The second kappa shape index (κ2) is 5.80. The molecule has 0 amide bonds. The number of halogens is 2. The molecule has 0 radical (unpaired) electrons. The highest BCUT2D eigenvalue weighted by atomic mass is 19.2. The van der Waals surface area contributed by atoms with Crippen molar-refractivity contribution in [2.45, 2.75) is 19.4 Å². The lowest BCUT2D eigenvalue weighted by Crippen LogP contribution is -2.10. The molecule has 0 fully saturated rings. The molecule has 4 heteroatoms. The van der Waals surface area contributed by atoms with Gasteiger partial charge in [0.1, 0.15) is 5.75 Å². The summed E-state index contributed by atoms with van der Waals surface area (Å²) in [4.78, 5) is 0. The van der Waals surface area contributed by atoms with E-state index in [1.807, 2.05) is 19.1 Å². The molecule has 2 aromatic carbocycles. The monoisotopic (exact) mass is 263 g/mol.